The molecule has 1 N–H and O–H groups in total. The lowest BCUT2D eigenvalue weighted by Crippen LogP contribution is -2.32. The highest BCUT2D eigenvalue weighted by Gasteiger charge is 2.32. The lowest BCUT2D eigenvalue weighted by Gasteiger charge is -2.20. The van der Waals surface area contributed by atoms with Crippen LogP contribution in [0.4, 0.5) is 0 Å². The van der Waals surface area contributed by atoms with Gasteiger partial charge in [0.2, 0.25) is 0 Å². The molecule has 104 valence electrons. The molecule has 0 aliphatic carbocycles. The number of amides is 1. The summed E-state index contributed by atoms with van der Waals surface area (Å²) in [5, 5.41) is 3.44. The van der Waals surface area contributed by atoms with E-state index in [1.165, 1.54) is 11.3 Å². The summed E-state index contributed by atoms with van der Waals surface area (Å²) in [6.07, 6.45) is 2.16. The molecule has 1 aromatic heterocycles. The van der Waals surface area contributed by atoms with E-state index in [9.17, 15) is 4.79 Å². The van der Waals surface area contributed by atoms with E-state index in [0.29, 0.717) is 14.2 Å². The molecule has 2 saturated heterocycles. The van der Waals surface area contributed by atoms with Gasteiger partial charge in [-0.15, -0.1) is 11.3 Å². The van der Waals surface area contributed by atoms with Crippen LogP contribution in [0.25, 0.3) is 0 Å². The van der Waals surface area contributed by atoms with Crippen LogP contribution in [-0.2, 0) is 0 Å². The molecule has 2 fully saturated rings. The van der Waals surface area contributed by atoms with E-state index < -0.39 is 0 Å². The molecule has 1 aromatic rings. The number of likely N-dealkylation sites (tertiary alicyclic amines) is 1. The maximum atomic E-state index is 12.5. The Morgan fingerprint density at radius 3 is 2.42 bits per heavy atom. The lowest BCUT2D eigenvalue weighted by atomic mass is 9.92. The van der Waals surface area contributed by atoms with Crippen molar-refractivity contribution < 1.29 is 4.79 Å². The molecular weight excluding hydrogens is 303 g/mol. The van der Waals surface area contributed by atoms with Crippen molar-refractivity contribution in [1.82, 2.24) is 10.2 Å². The maximum absolute atomic E-state index is 12.5. The molecule has 0 bridgehead atoms. The Morgan fingerprint density at radius 1 is 1.26 bits per heavy atom. The highest BCUT2D eigenvalue weighted by Crippen LogP contribution is 2.33. The Hall–Kier alpha value is -0.290. The third-order valence-electron chi connectivity index (χ3n) is 4.19. The normalized spacial score (nSPS) is 27.2. The van der Waals surface area contributed by atoms with Gasteiger partial charge in [0.15, 0.2) is 0 Å². The van der Waals surface area contributed by atoms with Crippen LogP contribution < -0.4 is 5.32 Å². The summed E-state index contributed by atoms with van der Waals surface area (Å²) >= 11 is 13.2. The Bertz CT molecular complexity index is 477. The molecule has 3 heterocycles. The van der Waals surface area contributed by atoms with Gasteiger partial charge >= 0.3 is 0 Å². The zero-order valence-electron chi connectivity index (χ0n) is 10.5. The molecule has 3 nitrogen and oxygen atoms in total. The van der Waals surface area contributed by atoms with E-state index >= 15 is 0 Å². The number of nitrogens with one attached hydrogen (secondary N) is 1. The summed E-state index contributed by atoms with van der Waals surface area (Å²) in [6, 6.07) is 1.68. The molecule has 19 heavy (non-hydrogen) atoms. The zero-order valence-corrected chi connectivity index (χ0v) is 12.8. The Morgan fingerprint density at radius 2 is 1.89 bits per heavy atom. The van der Waals surface area contributed by atoms with Crippen LogP contribution in [0.15, 0.2) is 6.07 Å². The van der Waals surface area contributed by atoms with Gasteiger partial charge < -0.3 is 10.2 Å². The predicted octanol–water partition coefficient (Wildman–Crippen LogP) is 3.13. The molecular formula is C13H16Cl2N2OS. The van der Waals surface area contributed by atoms with E-state index in [1.54, 1.807) is 6.07 Å². The van der Waals surface area contributed by atoms with Crippen LogP contribution in [0, 0.1) is 11.8 Å². The maximum Gasteiger partial charge on any atom is 0.256 e. The second-order valence-electron chi connectivity index (χ2n) is 5.29. The number of hydrogen-bond acceptors (Lipinski definition) is 3. The molecule has 0 radical (unpaired) electrons. The van der Waals surface area contributed by atoms with Crippen LogP contribution in [0.1, 0.15) is 23.2 Å². The van der Waals surface area contributed by atoms with E-state index in [2.05, 4.69) is 5.32 Å². The minimum atomic E-state index is 0.0288. The van der Waals surface area contributed by atoms with Gasteiger partial charge in [-0.2, -0.15) is 0 Å². The van der Waals surface area contributed by atoms with Crippen molar-refractivity contribution in [1.29, 1.82) is 0 Å². The summed E-state index contributed by atoms with van der Waals surface area (Å²) in [4.78, 5) is 14.4. The van der Waals surface area contributed by atoms with E-state index in [-0.39, 0.29) is 5.91 Å². The van der Waals surface area contributed by atoms with Crippen LogP contribution in [0.2, 0.25) is 8.67 Å². The average molecular weight is 319 g/mol. The number of rotatable bonds is 1. The minimum absolute atomic E-state index is 0.0288. The first-order valence-electron chi connectivity index (χ1n) is 6.60. The fraction of sp³-hybridized carbons (Fsp3) is 0.615. The van der Waals surface area contributed by atoms with Crippen molar-refractivity contribution in [2.24, 2.45) is 11.8 Å². The molecule has 1 amide bonds. The van der Waals surface area contributed by atoms with Crippen molar-refractivity contribution in [2.45, 2.75) is 12.8 Å². The van der Waals surface area contributed by atoms with E-state index in [0.717, 1.165) is 50.9 Å². The molecule has 0 spiro atoms. The van der Waals surface area contributed by atoms with E-state index in [1.807, 2.05) is 4.90 Å². The second-order valence-corrected chi connectivity index (χ2v) is 7.57. The van der Waals surface area contributed by atoms with Gasteiger partial charge in [0, 0.05) is 13.1 Å². The van der Waals surface area contributed by atoms with Crippen LogP contribution in [0.5, 0.6) is 0 Å². The van der Waals surface area contributed by atoms with Gasteiger partial charge in [-0.1, -0.05) is 23.2 Å². The lowest BCUT2D eigenvalue weighted by molar-refractivity contribution is 0.0759. The first kappa shape index (κ1) is 13.7. The summed E-state index contributed by atoms with van der Waals surface area (Å²) < 4.78 is 1.07. The fourth-order valence-corrected chi connectivity index (χ4v) is 4.53. The number of thiophene rings is 1. The van der Waals surface area contributed by atoms with Crippen LogP contribution >= 0.6 is 34.5 Å². The summed E-state index contributed by atoms with van der Waals surface area (Å²) in [7, 11) is 0. The minimum Gasteiger partial charge on any atom is -0.339 e. The molecule has 0 aromatic carbocycles. The number of hydrogen-bond donors (Lipinski definition) is 1. The molecule has 2 aliphatic heterocycles. The SMILES string of the molecule is O=C(c1cc(Cl)sc1Cl)N1CC[C@@H]2CNC[C@@H]2CC1. The summed E-state index contributed by atoms with van der Waals surface area (Å²) in [5.74, 6) is 1.47. The third-order valence-corrected chi connectivity index (χ3v) is 5.68. The average Bonchev–Trinajstić information content (AvgIpc) is 2.90. The molecule has 0 unspecified atom stereocenters. The predicted molar refractivity (Wildman–Crippen MR) is 79.3 cm³/mol. The summed E-state index contributed by atoms with van der Waals surface area (Å²) in [6.45, 7) is 3.84. The highest BCUT2D eigenvalue weighted by atomic mass is 35.5. The van der Waals surface area contributed by atoms with Gasteiger partial charge in [0.1, 0.15) is 4.34 Å². The van der Waals surface area contributed by atoms with Gasteiger partial charge in [-0.3, -0.25) is 4.79 Å². The smallest absolute Gasteiger partial charge is 0.256 e. The molecule has 2 atom stereocenters. The first-order valence-corrected chi connectivity index (χ1v) is 8.17. The van der Waals surface area contributed by atoms with Crippen LogP contribution in [0.3, 0.4) is 0 Å². The van der Waals surface area contributed by atoms with Crippen molar-refractivity contribution in [3.63, 3.8) is 0 Å². The topological polar surface area (TPSA) is 32.3 Å². The van der Waals surface area contributed by atoms with Crippen molar-refractivity contribution in [3.8, 4) is 0 Å². The summed E-state index contributed by atoms with van der Waals surface area (Å²) in [5.41, 5.74) is 0.557. The van der Waals surface area contributed by atoms with E-state index in [4.69, 9.17) is 23.2 Å². The standard InChI is InChI=1S/C13H16Cl2N2OS/c14-11-5-10(12(15)19-11)13(18)17-3-1-8-6-16-7-9(8)2-4-17/h5,8-9,16H,1-4,6-7H2/t8-,9+. The Labute approximate surface area is 126 Å². The van der Waals surface area contributed by atoms with Gasteiger partial charge in [0.05, 0.1) is 9.90 Å². The monoisotopic (exact) mass is 318 g/mol. The largest absolute Gasteiger partial charge is 0.339 e. The second kappa shape index (κ2) is 5.60. The quantitative estimate of drug-likeness (QED) is 0.862. The first-order chi connectivity index (χ1) is 9.15. The number of halogens is 2. The molecule has 6 heteroatoms. The fourth-order valence-electron chi connectivity index (χ4n) is 3.08. The van der Waals surface area contributed by atoms with Gasteiger partial charge in [-0.05, 0) is 43.8 Å². The number of fused-ring (bicyclic) bond motifs is 1. The number of carbonyl (C=O) groups excluding carboxylic acids is 1. The number of nitrogens with zero attached hydrogens (tertiary/aromatic N) is 1. The van der Waals surface area contributed by atoms with Crippen molar-refractivity contribution in [2.75, 3.05) is 26.2 Å². The van der Waals surface area contributed by atoms with Gasteiger partial charge in [0.25, 0.3) is 5.91 Å². The zero-order chi connectivity index (χ0) is 13.4. The third kappa shape index (κ3) is 2.77. The van der Waals surface area contributed by atoms with Gasteiger partial charge in [-0.25, -0.2) is 0 Å². The van der Waals surface area contributed by atoms with Crippen molar-refractivity contribution >= 4 is 40.4 Å². The molecule has 2 aliphatic rings. The molecule has 3 rings (SSSR count). The Kier molecular flexibility index (Phi) is 4.03. The number of carbonyl (C=O) groups is 1. The van der Waals surface area contributed by atoms with Crippen molar-refractivity contribution in [3.05, 3.63) is 20.3 Å². The highest BCUT2D eigenvalue weighted by molar-refractivity contribution is 7.20. The Balaban J connectivity index is 1.72. The molecule has 0 saturated carbocycles. The van der Waals surface area contributed by atoms with Crippen LogP contribution in [-0.4, -0.2) is 37.0 Å².